The van der Waals surface area contributed by atoms with Crippen LogP contribution in [0.4, 0.5) is 0 Å². The van der Waals surface area contributed by atoms with Crippen molar-refractivity contribution >= 4 is 23.2 Å². The standard InChI is InChI=1S/C10H11N3OS/c1-7(9(11)14)15-10-12-6-8-4-2-3-5-13(8)10/h2-7H,1H3,(H2,11,14)/t7-/m0/s1. The van der Waals surface area contributed by atoms with Gasteiger partial charge < -0.3 is 5.73 Å². The van der Waals surface area contributed by atoms with Crippen LogP contribution in [0.15, 0.2) is 35.7 Å². The van der Waals surface area contributed by atoms with Crippen molar-refractivity contribution in [2.24, 2.45) is 5.73 Å². The summed E-state index contributed by atoms with van der Waals surface area (Å²) >= 11 is 1.37. The van der Waals surface area contributed by atoms with Crippen LogP contribution in [0.3, 0.4) is 0 Å². The van der Waals surface area contributed by atoms with E-state index in [1.807, 2.05) is 28.8 Å². The molecule has 1 atom stereocenters. The minimum atomic E-state index is -0.326. The molecule has 1 amide bonds. The van der Waals surface area contributed by atoms with Gasteiger partial charge in [-0.2, -0.15) is 0 Å². The van der Waals surface area contributed by atoms with E-state index in [4.69, 9.17) is 5.73 Å². The van der Waals surface area contributed by atoms with Gasteiger partial charge in [-0.15, -0.1) is 0 Å². The van der Waals surface area contributed by atoms with Gasteiger partial charge >= 0.3 is 0 Å². The first-order valence-electron chi connectivity index (χ1n) is 4.56. The second-order valence-electron chi connectivity index (χ2n) is 3.20. The topological polar surface area (TPSA) is 60.4 Å². The third kappa shape index (κ3) is 1.97. The lowest BCUT2D eigenvalue weighted by Crippen LogP contribution is -2.22. The molecule has 0 aliphatic heterocycles. The van der Waals surface area contributed by atoms with Crippen LogP contribution in [0.1, 0.15) is 6.92 Å². The predicted molar refractivity (Wildman–Crippen MR) is 59.7 cm³/mol. The van der Waals surface area contributed by atoms with E-state index in [9.17, 15) is 4.79 Å². The normalized spacial score (nSPS) is 12.9. The number of aromatic nitrogens is 2. The third-order valence-corrected chi connectivity index (χ3v) is 3.19. The number of fused-ring (bicyclic) bond motifs is 1. The summed E-state index contributed by atoms with van der Waals surface area (Å²) in [5.41, 5.74) is 6.21. The van der Waals surface area contributed by atoms with Crippen molar-refractivity contribution in [2.75, 3.05) is 0 Å². The molecule has 0 fully saturated rings. The molecule has 2 rings (SSSR count). The van der Waals surface area contributed by atoms with Crippen LogP contribution < -0.4 is 5.73 Å². The van der Waals surface area contributed by atoms with Crippen LogP contribution in [0.5, 0.6) is 0 Å². The molecule has 0 radical (unpaired) electrons. The number of nitrogens with two attached hydrogens (primary N) is 1. The van der Waals surface area contributed by atoms with E-state index in [1.165, 1.54) is 11.8 Å². The van der Waals surface area contributed by atoms with E-state index >= 15 is 0 Å². The highest BCUT2D eigenvalue weighted by Gasteiger charge is 2.13. The Morgan fingerprint density at radius 2 is 2.40 bits per heavy atom. The summed E-state index contributed by atoms with van der Waals surface area (Å²) in [6.45, 7) is 1.77. The molecule has 15 heavy (non-hydrogen) atoms. The fourth-order valence-corrected chi connectivity index (χ4v) is 2.05. The Morgan fingerprint density at radius 1 is 1.60 bits per heavy atom. The maximum absolute atomic E-state index is 10.9. The predicted octanol–water partition coefficient (Wildman–Crippen LogP) is 1.30. The zero-order valence-corrected chi connectivity index (χ0v) is 9.07. The van der Waals surface area contributed by atoms with Gasteiger partial charge in [-0.3, -0.25) is 9.20 Å². The Bertz CT molecular complexity index is 494. The Labute approximate surface area is 91.5 Å². The molecule has 78 valence electrons. The van der Waals surface area contributed by atoms with E-state index in [1.54, 1.807) is 13.1 Å². The fraction of sp³-hybridized carbons (Fsp3) is 0.200. The van der Waals surface area contributed by atoms with E-state index in [2.05, 4.69) is 4.98 Å². The third-order valence-electron chi connectivity index (χ3n) is 2.09. The summed E-state index contributed by atoms with van der Waals surface area (Å²) in [4.78, 5) is 15.2. The van der Waals surface area contributed by atoms with E-state index in [0.717, 1.165) is 10.7 Å². The van der Waals surface area contributed by atoms with Gasteiger partial charge in [0, 0.05) is 6.20 Å². The lowest BCUT2D eigenvalue weighted by atomic mass is 10.4. The van der Waals surface area contributed by atoms with Gasteiger partial charge in [0.25, 0.3) is 0 Å². The summed E-state index contributed by atoms with van der Waals surface area (Å²) in [5.74, 6) is -0.326. The largest absolute Gasteiger partial charge is 0.369 e. The minimum absolute atomic E-state index is 0.268. The van der Waals surface area contributed by atoms with E-state index < -0.39 is 0 Å². The smallest absolute Gasteiger partial charge is 0.230 e. The maximum Gasteiger partial charge on any atom is 0.230 e. The van der Waals surface area contributed by atoms with Crippen LogP contribution in [-0.4, -0.2) is 20.5 Å². The summed E-state index contributed by atoms with van der Waals surface area (Å²) in [7, 11) is 0. The highest BCUT2D eigenvalue weighted by atomic mass is 32.2. The lowest BCUT2D eigenvalue weighted by Gasteiger charge is -2.05. The lowest BCUT2D eigenvalue weighted by molar-refractivity contribution is -0.117. The van der Waals surface area contributed by atoms with Crippen molar-refractivity contribution in [1.82, 2.24) is 9.38 Å². The van der Waals surface area contributed by atoms with Gasteiger partial charge in [-0.05, 0) is 19.1 Å². The van der Waals surface area contributed by atoms with Crippen molar-refractivity contribution in [3.63, 3.8) is 0 Å². The zero-order valence-electron chi connectivity index (χ0n) is 8.25. The molecule has 0 unspecified atom stereocenters. The van der Waals surface area contributed by atoms with Crippen molar-refractivity contribution in [2.45, 2.75) is 17.3 Å². The quantitative estimate of drug-likeness (QED) is 0.795. The minimum Gasteiger partial charge on any atom is -0.369 e. The number of pyridine rings is 1. The number of nitrogens with zero attached hydrogens (tertiary/aromatic N) is 2. The van der Waals surface area contributed by atoms with Crippen molar-refractivity contribution in [1.29, 1.82) is 0 Å². The number of primary amides is 1. The van der Waals surface area contributed by atoms with Crippen LogP contribution >= 0.6 is 11.8 Å². The highest BCUT2D eigenvalue weighted by molar-refractivity contribution is 8.00. The van der Waals surface area contributed by atoms with E-state index in [-0.39, 0.29) is 11.2 Å². The van der Waals surface area contributed by atoms with E-state index in [0.29, 0.717) is 0 Å². The Kier molecular flexibility index (Phi) is 2.64. The van der Waals surface area contributed by atoms with Crippen molar-refractivity contribution in [3.8, 4) is 0 Å². The first-order valence-corrected chi connectivity index (χ1v) is 5.44. The molecular formula is C10H11N3OS. The van der Waals surface area contributed by atoms with Crippen LogP contribution in [0, 0.1) is 0 Å². The van der Waals surface area contributed by atoms with Gasteiger partial charge in [0.2, 0.25) is 5.91 Å². The molecular weight excluding hydrogens is 210 g/mol. The molecule has 0 saturated heterocycles. The first kappa shape index (κ1) is 10.0. The molecule has 2 aromatic rings. The van der Waals surface area contributed by atoms with Gasteiger partial charge in [0.1, 0.15) is 0 Å². The van der Waals surface area contributed by atoms with Crippen LogP contribution in [0.25, 0.3) is 5.52 Å². The number of carbonyl (C=O) groups is 1. The fourth-order valence-electron chi connectivity index (χ4n) is 1.22. The first-order chi connectivity index (χ1) is 7.18. The summed E-state index contributed by atoms with van der Waals surface area (Å²) < 4.78 is 1.93. The van der Waals surface area contributed by atoms with Crippen LogP contribution in [-0.2, 0) is 4.79 Å². The second-order valence-corrected chi connectivity index (χ2v) is 4.51. The molecule has 0 bridgehead atoms. The summed E-state index contributed by atoms with van der Waals surface area (Å²) in [6.07, 6.45) is 3.69. The molecule has 2 N–H and O–H groups in total. The molecule has 0 aliphatic rings. The number of amides is 1. The molecule has 5 heteroatoms. The average molecular weight is 221 g/mol. The number of hydrogen-bond donors (Lipinski definition) is 1. The Balaban J connectivity index is 2.32. The Morgan fingerprint density at radius 3 is 3.13 bits per heavy atom. The number of carbonyl (C=O) groups excluding carboxylic acids is 1. The second kappa shape index (κ2) is 3.94. The van der Waals surface area contributed by atoms with Gasteiger partial charge in [0.05, 0.1) is 17.0 Å². The van der Waals surface area contributed by atoms with Gasteiger partial charge in [-0.1, -0.05) is 17.8 Å². The summed E-state index contributed by atoms with van der Waals surface area (Å²) in [5, 5.41) is 0.521. The maximum atomic E-state index is 10.9. The Hall–Kier alpha value is -1.49. The van der Waals surface area contributed by atoms with Crippen molar-refractivity contribution in [3.05, 3.63) is 30.6 Å². The molecule has 2 heterocycles. The zero-order chi connectivity index (χ0) is 10.8. The van der Waals surface area contributed by atoms with Crippen molar-refractivity contribution < 1.29 is 4.79 Å². The number of imidazole rings is 1. The monoisotopic (exact) mass is 221 g/mol. The van der Waals surface area contributed by atoms with Gasteiger partial charge in [-0.25, -0.2) is 4.98 Å². The highest BCUT2D eigenvalue weighted by Crippen LogP contribution is 2.22. The van der Waals surface area contributed by atoms with Crippen LogP contribution in [0.2, 0.25) is 0 Å². The SMILES string of the molecule is C[C@H](Sc1ncc2ccccn12)C(N)=O. The number of rotatable bonds is 3. The molecule has 0 aromatic carbocycles. The number of thioether (sulfide) groups is 1. The molecule has 0 saturated carbocycles. The average Bonchev–Trinajstić information content (AvgIpc) is 2.62. The molecule has 2 aromatic heterocycles. The molecule has 0 aliphatic carbocycles. The number of hydrogen-bond acceptors (Lipinski definition) is 3. The summed E-state index contributed by atoms with van der Waals surface area (Å²) in [6, 6.07) is 5.84. The van der Waals surface area contributed by atoms with Gasteiger partial charge in [0.15, 0.2) is 5.16 Å². The molecule has 0 spiro atoms. The molecule has 4 nitrogen and oxygen atoms in total.